The number of hydrogen-bond donors (Lipinski definition) is 0. The van der Waals surface area contributed by atoms with Gasteiger partial charge in [-0.2, -0.15) is 0 Å². The number of anilines is 6. The van der Waals surface area contributed by atoms with Crippen LogP contribution >= 0.6 is 0 Å². The fourth-order valence-corrected chi connectivity index (χ4v) is 12.5. The minimum absolute atomic E-state index is 0. The van der Waals surface area contributed by atoms with Crippen molar-refractivity contribution in [2.75, 3.05) is 9.80 Å². The molecule has 0 atom stereocenters. The monoisotopic (exact) mass is 1530 g/mol. The molecule has 0 aliphatic carbocycles. The predicted molar refractivity (Wildman–Crippen MR) is 377 cm³/mol. The second-order valence-corrected chi connectivity index (χ2v) is 24.0. The molecular formula is C84H69Ir2N5-2. The van der Waals surface area contributed by atoms with Gasteiger partial charge in [0.25, 0.3) is 0 Å². The first kappa shape index (κ1) is 63.0. The van der Waals surface area contributed by atoms with E-state index in [1.54, 1.807) is 0 Å². The summed E-state index contributed by atoms with van der Waals surface area (Å²) < 4.78 is 2.32. The van der Waals surface area contributed by atoms with E-state index in [1.807, 2.05) is 48.8 Å². The van der Waals surface area contributed by atoms with Crippen LogP contribution in [-0.4, -0.2) is 14.4 Å². The van der Waals surface area contributed by atoms with Crippen molar-refractivity contribution in [3.05, 3.63) is 332 Å². The van der Waals surface area contributed by atoms with Crippen LogP contribution in [0.3, 0.4) is 0 Å². The molecule has 0 aliphatic rings. The van der Waals surface area contributed by atoms with Crippen molar-refractivity contribution in [1.82, 2.24) is 14.4 Å². The van der Waals surface area contributed by atoms with E-state index in [-0.39, 0.29) is 45.6 Å². The van der Waals surface area contributed by atoms with E-state index >= 15 is 0 Å². The maximum absolute atomic E-state index is 4.87. The summed E-state index contributed by atoms with van der Waals surface area (Å²) in [6.07, 6.45) is 4.88. The molecule has 0 spiro atoms. The van der Waals surface area contributed by atoms with Crippen LogP contribution in [0.5, 0.6) is 0 Å². The molecule has 0 aliphatic heterocycles. The standard InChI is InChI=1S/C44H32N2.C28H27N2.C12H10N.2Ir/c1-3-17-37(18-4-1)45(43-23-11-15-35-13-7-9-21-41(35)43)39-29-25-33(26-30-39)34-27-31-40(32-28-34)46(38-19-5-2-6-20-38)44-24-12-16-36-14-8-10-22-42(36)44;1-18-9-8-10-19(2)26(18)25-17-29-27-22-12-7-6-11-21(22)23-15-20(16-28(3,4)5)13-14-24(23)30(25)27;1-10-6-5-9-13-12(10)11-7-3-2-4-8-11;;/h1-32H;6-11,13-15,17H,16H2,1-5H3;2-7,9H,1H3;;/q;2*-1;;. The Labute approximate surface area is 562 Å². The van der Waals surface area contributed by atoms with Crippen LogP contribution in [0.2, 0.25) is 0 Å². The summed E-state index contributed by atoms with van der Waals surface area (Å²) in [5, 5.41) is 8.47. The molecule has 0 saturated heterocycles. The van der Waals surface area contributed by atoms with Crippen LogP contribution in [-0.2, 0) is 46.6 Å². The smallest absolute Gasteiger partial charge is 0.0639 e. The first-order chi connectivity index (χ1) is 43.5. The van der Waals surface area contributed by atoms with E-state index in [2.05, 4.69) is 322 Å². The first-order valence-electron chi connectivity index (χ1n) is 30.6. The third-order valence-corrected chi connectivity index (χ3v) is 16.5. The van der Waals surface area contributed by atoms with Crippen molar-refractivity contribution in [3.8, 4) is 33.6 Å². The van der Waals surface area contributed by atoms with Crippen molar-refractivity contribution in [2.24, 2.45) is 5.41 Å². The Hall–Kier alpha value is -9.58. The average Bonchev–Trinajstić information content (AvgIpc) is 1.67. The van der Waals surface area contributed by atoms with Gasteiger partial charge >= 0.3 is 0 Å². The molecule has 0 unspecified atom stereocenters. The molecule has 91 heavy (non-hydrogen) atoms. The number of hydrogen-bond acceptors (Lipinski definition) is 4. The molecule has 2 radical (unpaired) electrons. The van der Waals surface area contributed by atoms with Crippen molar-refractivity contribution in [3.63, 3.8) is 0 Å². The fourth-order valence-electron chi connectivity index (χ4n) is 12.5. The van der Waals surface area contributed by atoms with Crippen molar-refractivity contribution >= 4 is 83.0 Å². The predicted octanol–water partition coefficient (Wildman–Crippen LogP) is 22.8. The van der Waals surface area contributed by atoms with Crippen molar-refractivity contribution < 1.29 is 40.2 Å². The summed E-state index contributed by atoms with van der Waals surface area (Å²) in [5.41, 5.74) is 21.2. The Morgan fingerprint density at radius 3 is 1.46 bits per heavy atom. The third-order valence-electron chi connectivity index (χ3n) is 16.5. The third kappa shape index (κ3) is 13.5. The number of para-hydroxylation sites is 2. The number of pyridine rings is 2. The molecule has 5 nitrogen and oxygen atoms in total. The molecule has 15 aromatic rings. The van der Waals surface area contributed by atoms with Gasteiger partial charge in [-0.25, -0.2) is 0 Å². The number of nitrogens with zero attached hydrogens (tertiary/aromatic N) is 5. The van der Waals surface area contributed by atoms with Gasteiger partial charge in [0.15, 0.2) is 0 Å². The van der Waals surface area contributed by atoms with E-state index in [4.69, 9.17) is 4.98 Å². The van der Waals surface area contributed by atoms with Gasteiger partial charge in [-0.1, -0.05) is 202 Å². The maximum Gasteiger partial charge on any atom is 0.0639 e. The van der Waals surface area contributed by atoms with Crippen LogP contribution < -0.4 is 9.80 Å². The largest absolute Gasteiger partial charge is 0.333 e. The number of rotatable bonds is 10. The van der Waals surface area contributed by atoms with E-state index in [1.165, 1.54) is 76.8 Å². The van der Waals surface area contributed by atoms with E-state index in [0.717, 1.165) is 68.5 Å². The SMILES string of the molecule is Cc1cccc(C)c1-c1cnc2c3[c-]cccc3c3cc(CC(C)(C)C)ccc3n12.Cc1cccnc1-c1[c-]cccc1.[Ir].[Ir].c1ccc(N(c2ccc(-c3ccc(N(c4ccccc4)c4cccc5ccccc45)cc3)cc2)c2cccc3ccccc23)cc1. The van der Waals surface area contributed by atoms with Gasteiger partial charge in [0.1, 0.15) is 0 Å². The topological polar surface area (TPSA) is 36.7 Å². The van der Waals surface area contributed by atoms with E-state index < -0.39 is 0 Å². The minimum atomic E-state index is 0. The van der Waals surface area contributed by atoms with Crippen LogP contribution in [0.15, 0.2) is 298 Å². The molecule has 3 heterocycles. The second kappa shape index (κ2) is 28.1. The Balaban J connectivity index is 0.000000161. The summed E-state index contributed by atoms with van der Waals surface area (Å²) in [5.74, 6) is 0. The number of aromatic nitrogens is 3. The number of benzene rings is 12. The van der Waals surface area contributed by atoms with Gasteiger partial charge in [-0.05, 0) is 155 Å². The molecule has 12 aromatic carbocycles. The molecule has 0 fully saturated rings. The minimum Gasteiger partial charge on any atom is -0.333 e. The average molecular weight is 1530 g/mol. The molecule has 450 valence electrons. The van der Waals surface area contributed by atoms with Gasteiger partial charge in [0, 0.05) is 97.2 Å². The number of imidazole rings is 1. The molecule has 0 bridgehead atoms. The Morgan fingerprint density at radius 1 is 0.418 bits per heavy atom. The Kier molecular flexibility index (Phi) is 19.4. The summed E-state index contributed by atoms with van der Waals surface area (Å²) in [7, 11) is 0. The van der Waals surface area contributed by atoms with Gasteiger partial charge < -0.3 is 19.2 Å². The molecular weight excluding hydrogens is 1460 g/mol. The second-order valence-electron chi connectivity index (χ2n) is 24.0. The molecule has 0 amide bonds. The Bertz CT molecular complexity index is 4750. The zero-order valence-electron chi connectivity index (χ0n) is 51.9. The molecule has 3 aromatic heterocycles. The van der Waals surface area contributed by atoms with Gasteiger partial charge in [0.05, 0.1) is 22.7 Å². The molecule has 7 heteroatoms. The summed E-state index contributed by atoms with van der Waals surface area (Å²) in [4.78, 5) is 13.9. The van der Waals surface area contributed by atoms with Crippen LogP contribution in [0, 0.1) is 38.3 Å². The van der Waals surface area contributed by atoms with Crippen LogP contribution in [0.25, 0.3) is 82.5 Å². The van der Waals surface area contributed by atoms with E-state index in [0.29, 0.717) is 0 Å². The zero-order valence-corrected chi connectivity index (χ0v) is 56.7. The van der Waals surface area contributed by atoms with Gasteiger partial charge in [0.2, 0.25) is 0 Å². The van der Waals surface area contributed by atoms with Gasteiger partial charge in [-0.3, -0.25) is 4.98 Å². The Morgan fingerprint density at radius 2 is 0.912 bits per heavy atom. The zero-order chi connectivity index (χ0) is 60.8. The van der Waals surface area contributed by atoms with Crippen LogP contribution in [0.1, 0.15) is 43.0 Å². The molecule has 0 saturated carbocycles. The number of aryl methyl sites for hydroxylation is 3. The molecule has 15 rings (SSSR count). The fraction of sp³-hybridized carbons (Fsp3) is 0.0952. The van der Waals surface area contributed by atoms with Crippen LogP contribution in [0.4, 0.5) is 34.1 Å². The molecule has 0 N–H and O–H groups in total. The van der Waals surface area contributed by atoms with E-state index in [9.17, 15) is 0 Å². The summed E-state index contributed by atoms with van der Waals surface area (Å²) in [6.45, 7) is 13.3. The quantitative estimate of drug-likeness (QED) is 0.101. The number of fused-ring (bicyclic) bond motifs is 8. The van der Waals surface area contributed by atoms with Gasteiger partial charge in [-0.15, -0.1) is 65.5 Å². The maximum atomic E-state index is 4.87. The van der Waals surface area contributed by atoms with Crippen molar-refractivity contribution in [1.29, 1.82) is 0 Å². The normalized spacial score (nSPS) is 11.1. The summed E-state index contributed by atoms with van der Waals surface area (Å²) in [6, 6.07) is 107. The van der Waals surface area contributed by atoms with Crippen molar-refractivity contribution in [2.45, 2.75) is 48.0 Å². The first-order valence-corrected chi connectivity index (χ1v) is 30.6. The summed E-state index contributed by atoms with van der Waals surface area (Å²) >= 11 is 0.